The summed E-state index contributed by atoms with van der Waals surface area (Å²) in [4.78, 5) is 42.4. The summed E-state index contributed by atoms with van der Waals surface area (Å²) in [6, 6.07) is 7.90. The fourth-order valence-electron chi connectivity index (χ4n) is 6.10. The highest BCUT2D eigenvalue weighted by atomic mass is 32.2. The van der Waals surface area contributed by atoms with Crippen LogP contribution >= 0.6 is 11.8 Å². The molecule has 3 fully saturated rings. The Balaban J connectivity index is 1.79. The minimum absolute atomic E-state index is 0.199. The predicted octanol–water partition coefficient (Wildman–Crippen LogP) is 2.68. The summed E-state index contributed by atoms with van der Waals surface area (Å²) in [7, 11) is 0. The molecule has 1 spiro atoms. The number of nitrogens with one attached hydrogen (secondary N) is 1. The third kappa shape index (κ3) is 3.75. The number of amides is 2. The molecule has 2 N–H and O–H groups in total. The van der Waals surface area contributed by atoms with Crippen LogP contribution < -0.4 is 5.32 Å². The number of rotatable bonds is 9. The Kier molecular flexibility index (Phi) is 6.78. The average molecular weight is 475 g/mol. The number of benzene rings is 1. The number of fused-ring (bicyclic) bond motifs is 1. The first-order valence-electron chi connectivity index (χ1n) is 12.0. The fraction of sp³-hybridized carbons (Fsp3) is 0.640. The van der Waals surface area contributed by atoms with E-state index in [0.717, 1.165) is 24.8 Å². The predicted molar refractivity (Wildman–Crippen MR) is 126 cm³/mol. The van der Waals surface area contributed by atoms with E-state index < -0.39 is 33.4 Å². The van der Waals surface area contributed by atoms with Gasteiger partial charge in [0.25, 0.3) is 0 Å². The van der Waals surface area contributed by atoms with E-state index >= 15 is 0 Å². The molecule has 4 rings (SSSR count). The van der Waals surface area contributed by atoms with Gasteiger partial charge < -0.3 is 20.1 Å². The lowest BCUT2D eigenvalue weighted by atomic mass is 9.66. The standard InChI is InChI=1S/C25H34N2O5S/c1-4-6-14-26-21(29)20-25-13-12-24(3,33-25)19(23(31)32-5-2)18(25)22(30)27(20)17(15-28)16-10-8-7-9-11-16/h7-11,17-20,28H,4-6,12-15H2,1-3H3,(H,26,29)/t17-,18+,19-,20?,24+,25?/m1/s1. The maximum atomic E-state index is 14.1. The number of carbonyl (C=O) groups is 3. The summed E-state index contributed by atoms with van der Waals surface area (Å²) < 4.78 is 4.26. The third-order valence-electron chi connectivity index (χ3n) is 7.53. The topological polar surface area (TPSA) is 95.9 Å². The van der Waals surface area contributed by atoms with Crippen molar-refractivity contribution in [3.63, 3.8) is 0 Å². The lowest BCUT2D eigenvalue weighted by Crippen LogP contribution is -2.54. The van der Waals surface area contributed by atoms with Gasteiger partial charge in [-0.3, -0.25) is 14.4 Å². The molecule has 0 aromatic heterocycles. The summed E-state index contributed by atoms with van der Waals surface area (Å²) in [5.74, 6) is -2.04. The van der Waals surface area contributed by atoms with E-state index in [2.05, 4.69) is 12.2 Å². The van der Waals surface area contributed by atoms with Gasteiger partial charge in [-0.15, -0.1) is 11.8 Å². The molecule has 0 radical (unpaired) electrons. The molecule has 1 aromatic rings. The number of unbranched alkanes of at least 4 members (excludes halogenated alkanes) is 1. The number of aliphatic hydroxyl groups is 1. The molecule has 3 heterocycles. The number of nitrogens with zero attached hydrogens (tertiary/aromatic N) is 1. The zero-order valence-corrected chi connectivity index (χ0v) is 20.4. The number of thioether (sulfide) groups is 1. The molecular formula is C25H34N2O5S. The molecule has 2 amide bonds. The van der Waals surface area contributed by atoms with E-state index in [4.69, 9.17) is 4.74 Å². The van der Waals surface area contributed by atoms with Gasteiger partial charge in [0.05, 0.1) is 35.8 Å². The SMILES string of the molecule is CCCCNC(=O)C1N([C@H](CO)c2ccccc2)C(=O)[C@@H]2[C@H](C(=O)OCC)[C@]3(C)CCC12S3. The van der Waals surface area contributed by atoms with Gasteiger partial charge >= 0.3 is 5.97 Å². The highest BCUT2D eigenvalue weighted by molar-refractivity contribution is 8.02. The van der Waals surface area contributed by atoms with Crippen molar-refractivity contribution in [2.75, 3.05) is 19.8 Å². The molecular weight excluding hydrogens is 440 g/mol. The van der Waals surface area contributed by atoms with Crippen molar-refractivity contribution in [3.05, 3.63) is 35.9 Å². The van der Waals surface area contributed by atoms with Gasteiger partial charge in [0.1, 0.15) is 6.04 Å². The largest absolute Gasteiger partial charge is 0.466 e. The molecule has 3 aliphatic rings. The first kappa shape index (κ1) is 24.1. The van der Waals surface area contributed by atoms with E-state index in [1.165, 1.54) is 0 Å². The molecule has 2 bridgehead atoms. The zero-order valence-electron chi connectivity index (χ0n) is 19.6. The van der Waals surface area contributed by atoms with Gasteiger partial charge in [-0.1, -0.05) is 43.7 Å². The van der Waals surface area contributed by atoms with Crippen LogP contribution in [0.15, 0.2) is 30.3 Å². The molecule has 7 nitrogen and oxygen atoms in total. The maximum absolute atomic E-state index is 14.1. The monoisotopic (exact) mass is 474 g/mol. The summed E-state index contributed by atoms with van der Waals surface area (Å²) in [6.07, 6.45) is 3.21. The minimum atomic E-state index is -0.754. The lowest BCUT2D eigenvalue weighted by Gasteiger charge is -2.37. The Labute approximate surface area is 199 Å². The highest BCUT2D eigenvalue weighted by Crippen LogP contribution is 2.72. The molecule has 1 aromatic carbocycles. The molecule has 3 saturated heterocycles. The van der Waals surface area contributed by atoms with E-state index in [0.29, 0.717) is 13.0 Å². The van der Waals surface area contributed by atoms with Crippen molar-refractivity contribution < 1.29 is 24.2 Å². The van der Waals surface area contributed by atoms with Crippen LogP contribution in [0.2, 0.25) is 0 Å². The zero-order chi connectivity index (χ0) is 23.8. The Hall–Kier alpha value is -2.06. The second-order valence-corrected chi connectivity index (χ2v) is 11.4. The van der Waals surface area contributed by atoms with Crippen LogP contribution in [0.1, 0.15) is 58.1 Å². The van der Waals surface area contributed by atoms with E-state index in [1.807, 2.05) is 37.3 Å². The number of ether oxygens (including phenoxy) is 1. The van der Waals surface area contributed by atoms with Crippen molar-refractivity contribution in [2.24, 2.45) is 11.8 Å². The number of hydrogen-bond acceptors (Lipinski definition) is 6. The van der Waals surface area contributed by atoms with E-state index in [-0.39, 0.29) is 31.0 Å². The Morgan fingerprint density at radius 3 is 2.64 bits per heavy atom. The smallest absolute Gasteiger partial charge is 0.311 e. The van der Waals surface area contributed by atoms with Gasteiger partial charge in [-0.05, 0) is 38.7 Å². The van der Waals surface area contributed by atoms with Crippen molar-refractivity contribution in [1.29, 1.82) is 0 Å². The molecule has 0 aliphatic carbocycles. The molecule has 6 atom stereocenters. The van der Waals surface area contributed by atoms with Crippen molar-refractivity contribution in [3.8, 4) is 0 Å². The van der Waals surface area contributed by atoms with E-state index in [9.17, 15) is 19.5 Å². The number of esters is 1. The Morgan fingerprint density at radius 2 is 2.00 bits per heavy atom. The molecule has 3 aliphatic heterocycles. The molecule has 180 valence electrons. The Bertz CT molecular complexity index is 911. The van der Waals surface area contributed by atoms with Crippen LogP contribution in [-0.2, 0) is 19.1 Å². The molecule has 2 unspecified atom stereocenters. The summed E-state index contributed by atoms with van der Waals surface area (Å²) in [5, 5.41) is 13.4. The minimum Gasteiger partial charge on any atom is -0.466 e. The van der Waals surface area contributed by atoms with Crippen molar-refractivity contribution in [2.45, 2.75) is 68.0 Å². The van der Waals surface area contributed by atoms with Crippen molar-refractivity contribution in [1.82, 2.24) is 10.2 Å². The third-order valence-corrected chi connectivity index (χ3v) is 9.51. The Morgan fingerprint density at radius 1 is 1.27 bits per heavy atom. The van der Waals surface area contributed by atoms with E-state index in [1.54, 1.807) is 23.6 Å². The average Bonchev–Trinajstić information content (AvgIpc) is 3.37. The van der Waals surface area contributed by atoms with Crippen LogP contribution in [0.4, 0.5) is 0 Å². The van der Waals surface area contributed by atoms with Crippen LogP contribution in [0.3, 0.4) is 0 Å². The van der Waals surface area contributed by atoms with Crippen molar-refractivity contribution >= 4 is 29.5 Å². The first-order valence-corrected chi connectivity index (χ1v) is 12.8. The molecule has 8 heteroatoms. The second-order valence-electron chi connectivity index (χ2n) is 9.48. The number of hydrogen-bond donors (Lipinski definition) is 2. The normalized spacial score (nSPS) is 33.2. The second kappa shape index (κ2) is 9.29. The highest BCUT2D eigenvalue weighted by Gasteiger charge is 2.78. The van der Waals surface area contributed by atoms with Gasteiger partial charge in [-0.25, -0.2) is 0 Å². The first-order chi connectivity index (χ1) is 15.8. The van der Waals surface area contributed by atoms with Crippen LogP contribution in [0, 0.1) is 11.8 Å². The quantitative estimate of drug-likeness (QED) is 0.422. The van der Waals surface area contributed by atoms with Crippen LogP contribution in [-0.4, -0.2) is 63.1 Å². The van der Waals surface area contributed by atoms with Crippen LogP contribution in [0.25, 0.3) is 0 Å². The van der Waals surface area contributed by atoms with Gasteiger partial charge in [-0.2, -0.15) is 0 Å². The van der Waals surface area contributed by atoms with Gasteiger partial charge in [0, 0.05) is 11.3 Å². The fourth-order valence-corrected chi connectivity index (χ4v) is 8.44. The lowest BCUT2D eigenvalue weighted by molar-refractivity contribution is -0.155. The molecule has 33 heavy (non-hydrogen) atoms. The van der Waals surface area contributed by atoms with Crippen LogP contribution in [0.5, 0.6) is 0 Å². The summed E-state index contributed by atoms with van der Waals surface area (Å²) >= 11 is 1.61. The summed E-state index contributed by atoms with van der Waals surface area (Å²) in [6.45, 7) is 6.33. The van der Waals surface area contributed by atoms with Gasteiger partial charge in [0.15, 0.2) is 0 Å². The number of aliphatic hydroxyl groups excluding tert-OH is 1. The number of likely N-dealkylation sites (tertiary alicyclic amines) is 1. The molecule has 0 saturated carbocycles. The maximum Gasteiger partial charge on any atom is 0.311 e. The number of carbonyl (C=O) groups excluding carboxylic acids is 3. The van der Waals surface area contributed by atoms with Gasteiger partial charge in [0.2, 0.25) is 11.8 Å². The summed E-state index contributed by atoms with van der Waals surface area (Å²) in [5.41, 5.74) is 0.773.